The third kappa shape index (κ3) is 2.37. The number of aromatic nitrogens is 2. The average Bonchev–Trinajstić information content (AvgIpc) is 3.26. The molecule has 0 bridgehead atoms. The molecular weight excluding hydrogens is 302 g/mol. The molecule has 19 heavy (non-hydrogen) atoms. The topological polar surface area (TPSA) is 51.8 Å². The number of aryl methyl sites for hydroxylation is 1. The molecule has 2 aromatic rings. The minimum absolute atomic E-state index is 0.540. The van der Waals surface area contributed by atoms with Crippen LogP contribution in [0.15, 0.2) is 28.7 Å². The van der Waals surface area contributed by atoms with Crippen molar-refractivity contribution in [3.63, 3.8) is 0 Å². The summed E-state index contributed by atoms with van der Waals surface area (Å²) in [7, 11) is 0. The van der Waals surface area contributed by atoms with E-state index in [4.69, 9.17) is 10.7 Å². The van der Waals surface area contributed by atoms with Gasteiger partial charge in [-0.2, -0.15) is 0 Å². The first-order valence-electron chi connectivity index (χ1n) is 6.62. The Balaban J connectivity index is 2.14. The van der Waals surface area contributed by atoms with Gasteiger partial charge in [0.05, 0.1) is 10.2 Å². The van der Waals surface area contributed by atoms with E-state index >= 15 is 0 Å². The average molecular weight is 318 g/mol. The Morgan fingerprint density at radius 1 is 1.26 bits per heavy atom. The minimum Gasteiger partial charge on any atom is -0.383 e. The predicted octanol–water partition coefficient (Wildman–Crippen LogP) is 3.93. The number of anilines is 1. The van der Waals surface area contributed by atoms with Gasteiger partial charge in [-0.05, 0) is 40.8 Å². The quantitative estimate of drug-likeness (QED) is 0.933. The lowest BCUT2D eigenvalue weighted by molar-refractivity contribution is 0.980. The Bertz CT molecular complexity index is 621. The summed E-state index contributed by atoms with van der Waals surface area (Å²) in [5.41, 5.74) is 9.43. The van der Waals surface area contributed by atoms with E-state index in [1.807, 2.05) is 12.1 Å². The molecule has 0 spiro atoms. The van der Waals surface area contributed by atoms with Gasteiger partial charge >= 0.3 is 0 Å². The summed E-state index contributed by atoms with van der Waals surface area (Å²) >= 11 is 3.51. The molecule has 1 heterocycles. The molecule has 4 heteroatoms. The highest BCUT2D eigenvalue weighted by molar-refractivity contribution is 9.10. The minimum atomic E-state index is 0.540. The molecule has 1 fully saturated rings. The Morgan fingerprint density at radius 2 is 2.00 bits per heavy atom. The fourth-order valence-corrected chi connectivity index (χ4v) is 2.78. The number of benzene rings is 1. The maximum absolute atomic E-state index is 6.02. The van der Waals surface area contributed by atoms with Crippen LogP contribution < -0.4 is 5.73 Å². The maximum atomic E-state index is 6.02. The van der Waals surface area contributed by atoms with Gasteiger partial charge in [0.1, 0.15) is 5.82 Å². The first kappa shape index (κ1) is 12.6. The summed E-state index contributed by atoms with van der Waals surface area (Å²) in [6, 6.07) is 8.26. The number of hydrogen-bond donors (Lipinski definition) is 1. The molecule has 0 radical (unpaired) electrons. The molecule has 0 aliphatic heterocycles. The van der Waals surface area contributed by atoms with Gasteiger partial charge < -0.3 is 5.73 Å². The van der Waals surface area contributed by atoms with E-state index in [1.54, 1.807) is 0 Å². The van der Waals surface area contributed by atoms with Gasteiger partial charge in [0.15, 0.2) is 5.82 Å². The molecule has 1 aliphatic carbocycles. The van der Waals surface area contributed by atoms with Crippen LogP contribution in [0.25, 0.3) is 11.4 Å². The van der Waals surface area contributed by atoms with Gasteiger partial charge in [-0.15, -0.1) is 0 Å². The number of nitrogens with zero attached hydrogens (tertiary/aromatic N) is 2. The van der Waals surface area contributed by atoms with Gasteiger partial charge in [0.2, 0.25) is 0 Å². The van der Waals surface area contributed by atoms with Gasteiger partial charge in [0, 0.05) is 11.5 Å². The highest BCUT2D eigenvalue weighted by atomic mass is 79.9. The van der Waals surface area contributed by atoms with E-state index in [9.17, 15) is 0 Å². The summed E-state index contributed by atoms with van der Waals surface area (Å²) in [4.78, 5) is 9.18. The third-order valence-electron chi connectivity index (χ3n) is 3.51. The molecule has 1 aromatic carbocycles. The van der Waals surface area contributed by atoms with Crippen LogP contribution in [0.2, 0.25) is 0 Å². The van der Waals surface area contributed by atoms with Crippen molar-refractivity contribution in [1.29, 1.82) is 0 Å². The van der Waals surface area contributed by atoms with Crippen molar-refractivity contribution in [3.05, 3.63) is 40.0 Å². The van der Waals surface area contributed by atoms with Crippen molar-refractivity contribution in [2.24, 2.45) is 0 Å². The number of hydrogen-bond acceptors (Lipinski definition) is 3. The molecule has 0 amide bonds. The standard InChI is InChI=1S/C15H16BrN3/c1-2-9-5-3-4-6-11(9)15-18-13(10-7-8-10)12(16)14(17)19-15/h3-6,10H,2,7-8H2,1H3,(H2,17,18,19). The Morgan fingerprint density at radius 3 is 2.68 bits per heavy atom. The highest BCUT2D eigenvalue weighted by Crippen LogP contribution is 2.44. The van der Waals surface area contributed by atoms with Crippen LogP contribution in [-0.2, 0) is 6.42 Å². The number of nitrogens with two attached hydrogens (primary N) is 1. The van der Waals surface area contributed by atoms with E-state index in [-0.39, 0.29) is 0 Å². The van der Waals surface area contributed by atoms with Crippen LogP contribution in [0.1, 0.15) is 36.9 Å². The van der Waals surface area contributed by atoms with Crippen LogP contribution in [0.4, 0.5) is 5.82 Å². The van der Waals surface area contributed by atoms with E-state index < -0.39 is 0 Å². The van der Waals surface area contributed by atoms with Gasteiger partial charge in [-0.1, -0.05) is 31.2 Å². The van der Waals surface area contributed by atoms with Crippen LogP contribution in [0, 0.1) is 0 Å². The lowest BCUT2D eigenvalue weighted by Crippen LogP contribution is -2.03. The molecule has 1 aromatic heterocycles. The molecule has 3 nitrogen and oxygen atoms in total. The zero-order valence-electron chi connectivity index (χ0n) is 10.9. The lowest BCUT2D eigenvalue weighted by Gasteiger charge is -2.10. The summed E-state index contributed by atoms with van der Waals surface area (Å²) in [6.07, 6.45) is 3.36. The van der Waals surface area contributed by atoms with E-state index in [1.165, 1.54) is 18.4 Å². The van der Waals surface area contributed by atoms with Crippen molar-refractivity contribution in [3.8, 4) is 11.4 Å². The molecular formula is C15H16BrN3. The third-order valence-corrected chi connectivity index (χ3v) is 4.32. The SMILES string of the molecule is CCc1ccccc1-c1nc(N)c(Br)c(C2CC2)n1. The molecule has 1 saturated carbocycles. The first-order valence-corrected chi connectivity index (χ1v) is 7.41. The molecule has 0 unspecified atom stereocenters. The Labute approximate surface area is 121 Å². The molecule has 1 aliphatic rings. The molecule has 98 valence electrons. The maximum Gasteiger partial charge on any atom is 0.162 e. The van der Waals surface area contributed by atoms with Crippen LogP contribution in [0.3, 0.4) is 0 Å². The summed E-state index contributed by atoms with van der Waals surface area (Å²) in [6.45, 7) is 2.14. The second-order valence-electron chi connectivity index (χ2n) is 4.92. The van der Waals surface area contributed by atoms with Gasteiger partial charge in [-0.25, -0.2) is 9.97 Å². The number of nitrogen functional groups attached to an aromatic ring is 1. The number of halogens is 1. The van der Waals surface area contributed by atoms with Crippen LogP contribution in [-0.4, -0.2) is 9.97 Å². The van der Waals surface area contributed by atoms with Gasteiger partial charge in [0.25, 0.3) is 0 Å². The van der Waals surface area contributed by atoms with Crippen molar-refractivity contribution >= 4 is 21.7 Å². The predicted molar refractivity (Wildman–Crippen MR) is 80.9 cm³/mol. The summed E-state index contributed by atoms with van der Waals surface area (Å²) < 4.78 is 0.868. The smallest absolute Gasteiger partial charge is 0.162 e. The molecule has 2 N–H and O–H groups in total. The van der Waals surface area contributed by atoms with Crippen LogP contribution in [0.5, 0.6) is 0 Å². The van der Waals surface area contributed by atoms with Crippen molar-refractivity contribution in [2.75, 3.05) is 5.73 Å². The number of rotatable bonds is 3. The van der Waals surface area contributed by atoms with Crippen molar-refractivity contribution in [1.82, 2.24) is 9.97 Å². The van der Waals surface area contributed by atoms with Crippen molar-refractivity contribution in [2.45, 2.75) is 32.1 Å². The monoisotopic (exact) mass is 317 g/mol. The second-order valence-corrected chi connectivity index (χ2v) is 5.71. The highest BCUT2D eigenvalue weighted by Gasteiger charge is 2.29. The Kier molecular flexibility index (Phi) is 3.27. The second kappa shape index (κ2) is 4.93. The fraction of sp³-hybridized carbons (Fsp3) is 0.333. The van der Waals surface area contributed by atoms with E-state index in [0.717, 1.165) is 28.0 Å². The zero-order valence-corrected chi connectivity index (χ0v) is 12.4. The molecule has 3 rings (SSSR count). The van der Waals surface area contributed by atoms with E-state index in [0.29, 0.717) is 11.7 Å². The molecule has 0 atom stereocenters. The lowest BCUT2D eigenvalue weighted by atomic mass is 10.0. The first-order chi connectivity index (χ1) is 9.20. The van der Waals surface area contributed by atoms with Crippen molar-refractivity contribution < 1.29 is 0 Å². The summed E-state index contributed by atoms with van der Waals surface area (Å²) in [5.74, 6) is 1.84. The van der Waals surface area contributed by atoms with Crippen LogP contribution >= 0.6 is 15.9 Å². The van der Waals surface area contributed by atoms with Gasteiger partial charge in [-0.3, -0.25) is 0 Å². The van der Waals surface area contributed by atoms with E-state index in [2.05, 4.69) is 40.0 Å². The Hall–Kier alpha value is -1.42. The largest absolute Gasteiger partial charge is 0.383 e. The summed E-state index contributed by atoms with van der Waals surface area (Å²) in [5, 5.41) is 0. The zero-order chi connectivity index (χ0) is 13.4. The normalized spacial score (nSPS) is 14.6. The fourth-order valence-electron chi connectivity index (χ4n) is 2.28. The molecule has 0 saturated heterocycles.